The zero-order valence-corrected chi connectivity index (χ0v) is 9.88. The molecule has 1 atom stereocenters. The van der Waals surface area contributed by atoms with Crippen molar-refractivity contribution in [1.29, 1.82) is 0 Å². The fourth-order valence-corrected chi connectivity index (χ4v) is 1.78. The fraction of sp³-hybridized carbons (Fsp3) is 0.500. The van der Waals surface area contributed by atoms with E-state index in [-0.39, 0.29) is 6.04 Å². The second-order valence-corrected chi connectivity index (χ2v) is 4.31. The number of nitrogens with zero attached hydrogens (tertiary/aromatic N) is 1. The van der Waals surface area contributed by atoms with Gasteiger partial charge in [-0.25, -0.2) is 4.99 Å². The van der Waals surface area contributed by atoms with Crippen LogP contribution in [-0.4, -0.2) is 25.7 Å². The van der Waals surface area contributed by atoms with Crippen LogP contribution in [0.25, 0.3) is 0 Å². The number of nitrogens with one attached hydrogen (secondary N) is 1. The van der Waals surface area contributed by atoms with Crippen LogP contribution in [0.15, 0.2) is 22.5 Å². The molecular weight excluding hydrogens is 210 g/mol. The quantitative estimate of drug-likeness (QED) is 0.587. The van der Waals surface area contributed by atoms with Gasteiger partial charge in [-0.3, -0.25) is 0 Å². The van der Waals surface area contributed by atoms with Crippen molar-refractivity contribution in [3.05, 3.63) is 22.4 Å². The Labute approximate surface area is 94.2 Å². The molecule has 0 aliphatic rings. The van der Waals surface area contributed by atoms with Crippen LogP contribution >= 0.6 is 11.3 Å². The number of nitrogens with two attached hydrogens (primary N) is 1. The van der Waals surface area contributed by atoms with E-state index in [1.165, 1.54) is 4.88 Å². The highest BCUT2D eigenvalue weighted by molar-refractivity contribution is 7.09. The van der Waals surface area contributed by atoms with E-state index in [1.54, 1.807) is 18.4 Å². The van der Waals surface area contributed by atoms with Crippen LogP contribution in [0.1, 0.15) is 11.8 Å². The fourth-order valence-electron chi connectivity index (χ4n) is 1.16. The lowest BCUT2D eigenvalue weighted by molar-refractivity contribution is 0.179. The summed E-state index contributed by atoms with van der Waals surface area (Å²) in [6, 6.07) is 4.23. The van der Waals surface area contributed by atoms with E-state index in [1.807, 2.05) is 24.4 Å². The molecule has 0 radical (unpaired) electrons. The number of aliphatic imine (C=N–C) groups is 1. The largest absolute Gasteiger partial charge is 0.383 e. The number of rotatable bonds is 5. The van der Waals surface area contributed by atoms with E-state index in [9.17, 15) is 0 Å². The molecule has 5 heteroatoms. The Morgan fingerprint density at radius 1 is 1.73 bits per heavy atom. The van der Waals surface area contributed by atoms with Crippen LogP contribution in [0.5, 0.6) is 0 Å². The number of hydrogen-bond donors (Lipinski definition) is 2. The molecule has 0 aliphatic carbocycles. The van der Waals surface area contributed by atoms with Crippen LogP contribution in [-0.2, 0) is 11.3 Å². The van der Waals surface area contributed by atoms with Gasteiger partial charge in [-0.2, -0.15) is 0 Å². The van der Waals surface area contributed by atoms with Crippen molar-refractivity contribution in [2.75, 3.05) is 13.7 Å². The van der Waals surface area contributed by atoms with Crippen molar-refractivity contribution in [1.82, 2.24) is 5.32 Å². The molecule has 1 aromatic rings. The minimum atomic E-state index is 0.182. The van der Waals surface area contributed by atoms with Crippen LogP contribution in [0, 0.1) is 0 Å². The van der Waals surface area contributed by atoms with Gasteiger partial charge in [0.25, 0.3) is 0 Å². The first-order valence-electron chi connectivity index (χ1n) is 4.80. The minimum absolute atomic E-state index is 0.182. The zero-order chi connectivity index (χ0) is 11.1. The molecule has 1 rings (SSSR count). The van der Waals surface area contributed by atoms with Gasteiger partial charge in [0, 0.05) is 18.0 Å². The Morgan fingerprint density at radius 3 is 3.13 bits per heavy atom. The van der Waals surface area contributed by atoms with E-state index in [0.29, 0.717) is 19.1 Å². The average Bonchev–Trinajstić information content (AvgIpc) is 2.67. The highest BCUT2D eigenvalue weighted by Gasteiger charge is 2.01. The first kappa shape index (κ1) is 12.0. The summed E-state index contributed by atoms with van der Waals surface area (Å²) < 4.78 is 4.98. The summed E-state index contributed by atoms with van der Waals surface area (Å²) in [7, 11) is 1.66. The summed E-state index contributed by atoms with van der Waals surface area (Å²) in [5.41, 5.74) is 5.71. The van der Waals surface area contributed by atoms with Crippen molar-refractivity contribution >= 4 is 17.3 Å². The lowest BCUT2D eigenvalue weighted by atomic mass is 10.4. The molecule has 0 spiro atoms. The summed E-state index contributed by atoms with van der Waals surface area (Å²) in [6.45, 7) is 3.25. The molecule has 15 heavy (non-hydrogen) atoms. The molecule has 0 saturated heterocycles. The van der Waals surface area contributed by atoms with Crippen molar-refractivity contribution in [3.8, 4) is 0 Å². The lowest BCUT2D eigenvalue weighted by Gasteiger charge is -2.12. The Morgan fingerprint density at radius 2 is 2.53 bits per heavy atom. The summed E-state index contributed by atoms with van der Waals surface area (Å²) in [6.07, 6.45) is 0. The standard InChI is InChI=1S/C10H17N3OS/c1-8(7-14-2)13-10(11)12-6-9-4-3-5-15-9/h3-5,8H,6-7H2,1-2H3,(H3,11,12,13). The van der Waals surface area contributed by atoms with Gasteiger partial charge < -0.3 is 15.8 Å². The number of methoxy groups -OCH3 is 1. The molecule has 1 unspecified atom stereocenters. The molecule has 1 heterocycles. The molecule has 84 valence electrons. The van der Waals surface area contributed by atoms with Crippen LogP contribution in [0.4, 0.5) is 0 Å². The second-order valence-electron chi connectivity index (χ2n) is 3.28. The predicted molar refractivity (Wildman–Crippen MR) is 64.1 cm³/mol. The Kier molecular flexibility index (Phi) is 5.14. The first-order chi connectivity index (χ1) is 7.22. The monoisotopic (exact) mass is 227 g/mol. The number of ether oxygens (including phenoxy) is 1. The van der Waals surface area contributed by atoms with Gasteiger partial charge in [0.1, 0.15) is 0 Å². The molecule has 4 nitrogen and oxygen atoms in total. The van der Waals surface area contributed by atoms with Gasteiger partial charge in [-0.05, 0) is 18.4 Å². The van der Waals surface area contributed by atoms with E-state index < -0.39 is 0 Å². The third-order valence-corrected chi connectivity index (χ3v) is 2.66. The van der Waals surface area contributed by atoms with Gasteiger partial charge in [0.15, 0.2) is 5.96 Å². The highest BCUT2D eigenvalue weighted by atomic mass is 32.1. The van der Waals surface area contributed by atoms with Crippen molar-refractivity contribution in [2.45, 2.75) is 19.5 Å². The van der Waals surface area contributed by atoms with E-state index in [0.717, 1.165) is 0 Å². The first-order valence-corrected chi connectivity index (χ1v) is 5.68. The maximum atomic E-state index is 5.71. The molecule has 3 N–H and O–H groups in total. The molecule has 0 aromatic carbocycles. The van der Waals surface area contributed by atoms with E-state index in [2.05, 4.69) is 10.3 Å². The van der Waals surface area contributed by atoms with Crippen molar-refractivity contribution < 1.29 is 4.74 Å². The maximum Gasteiger partial charge on any atom is 0.189 e. The number of thiophene rings is 1. The Bertz CT molecular complexity index is 298. The predicted octanol–water partition coefficient (Wildman–Crippen LogP) is 1.19. The third kappa shape index (κ3) is 4.80. The Hall–Kier alpha value is -1.07. The van der Waals surface area contributed by atoms with Crippen LogP contribution in [0.3, 0.4) is 0 Å². The second kappa shape index (κ2) is 6.42. The van der Waals surface area contributed by atoms with Gasteiger partial charge in [0.05, 0.1) is 13.2 Å². The SMILES string of the molecule is COCC(C)NC(N)=NCc1cccs1. The molecule has 0 fully saturated rings. The minimum Gasteiger partial charge on any atom is -0.383 e. The van der Waals surface area contributed by atoms with Gasteiger partial charge in [-0.1, -0.05) is 6.07 Å². The lowest BCUT2D eigenvalue weighted by Crippen LogP contribution is -2.40. The molecule has 1 aromatic heterocycles. The molecule has 0 aliphatic heterocycles. The van der Waals surface area contributed by atoms with Gasteiger partial charge in [0.2, 0.25) is 0 Å². The smallest absolute Gasteiger partial charge is 0.189 e. The molecule has 0 saturated carbocycles. The third-order valence-electron chi connectivity index (χ3n) is 1.80. The van der Waals surface area contributed by atoms with E-state index in [4.69, 9.17) is 10.5 Å². The molecule has 0 bridgehead atoms. The Balaban J connectivity index is 2.33. The highest BCUT2D eigenvalue weighted by Crippen LogP contribution is 2.08. The van der Waals surface area contributed by atoms with Crippen molar-refractivity contribution in [2.24, 2.45) is 10.7 Å². The number of hydrogen-bond acceptors (Lipinski definition) is 3. The summed E-state index contributed by atoms with van der Waals surface area (Å²) in [5.74, 6) is 0.466. The van der Waals surface area contributed by atoms with Crippen molar-refractivity contribution in [3.63, 3.8) is 0 Å². The van der Waals surface area contributed by atoms with Gasteiger partial charge >= 0.3 is 0 Å². The van der Waals surface area contributed by atoms with E-state index >= 15 is 0 Å². The average molecular weight is 227 g/mol. The molecule has 0 amide bonds. The van der Waals surface area contributed by atoms with Crippen LogP contribution < -0.4 is 11.1 Å². The summed E-state index contributed by atoms with van der Waals surface area (Å²) >= 11 is 1.68. The summed E-state index contributed by atoms with van der Waals surface area (Å²) in [4.78, 5) is 5.43. The number of guanidine groups is 1. The topological polar surface area (TPSA) is 59.6 Å². The van der Waals surface area contributed by atoms with Gasteiger partial charge in [-0.15, -0.1) is 11.3 Å². The van der Waals surface area contributed by atoms with Crippen LogP contribution in [0.2, 0.25) is 0 Å². The normalized spacial score (nSPS) is 13.9. The maximum absolute atomic E-state index is 5.71. The zero-order valence-electron chi connectivity index (χ0n) is 9.06. The summed E-state index contributed by atoms with van der Waals surface area (Å²) in [5, 5.41) is 5.08. The molecular formula is C10H17N3OS.